The molecule has 0 aliphatic heterocycles. The molecule has 0 atom stereocenters. The van der Waals surface area contributed by atoms with Gasteiger partial charge in [0.15, 0.2) is 5.56 Å². The molecule has 0 saturated carbocycles. The maximum absolute atomic E-state index is 12.0. The van der Waals surface area contributed by atoms with E-state index < -0.39 is 22.8 Å². The van der Waals surface area contributed by atoms with Gasteiger partial charge >= 0.3 is 5.97 Å². The Balaban J connectivity index is 2.37. The number of hydrogen-bond donors (Lipinski definition) is 3. The molecule has 6 nitrogen and oxygen atoms in total. The number of aromatic carboxylic acids is 1. The number of H-pyrrole nitrogens is 1. The van der Waals surface area contributed by atoms with Gasteiger partial charge in [-0.3, -0.25) is 4.79 Å². The Morgan fingerprint density at radius 2 is 2.10 bits per heavy atom. The quantitative estimate of drug-likeness (QED) is 0.742. The minimum Gasteiger partial charge on any atom is -0.506 e. The lowest BCUT2D eigenvalue weighted by Crippen LogP contribution is -2.19. The normalized spacial score (nSPS) is 13.4. The van der Waals surface area contributed by atoms with Gasteiger partial charge in [-0.1, -0.05) is 0 Å². The molecular weight excluding hydrogens is 272 g/mol. The van der Waals surface area contributed by atoms with E-state index in [9.17, 15) is 14.7 Å². The number of hydrogen-bond acceptors (Lipinski definition) is 3. The number of carboxylic acids is 1. The predicted molar refractivity (Wildman–Crippen MR) is 76.9 cm³/mol. The number of aromatic amines is 1. The minimum absolute atomic E-state index is 0.407. The molecule has 1 aliphatic carbocycles. The molecule has 0 aromatic carbocycles. The van der Waals surface area contributed by atoms with Crippen LogP contribution in [0.4, 0.5) is 0 Å². The van der Waals surface area contributed by atoms with Crippen molar-refractivity contribution in [2.45, 2.75) is 26.2 Å². The lowest BCUT2D eigenvalue weighted by molar-refractivity contribution is 0.0691. The van der Waals surface area contributed by atoms with Crippen molar-refractivity contribution in [2.24, 2.45) is 7.05 Å². The number of carbonyl (C=O) groups is 1. The molecule has 21 heavy (non-hydrogen) atoms. The van der Waals surface area contributed by atoms with Gasteiger partial charge in [0.1, 0.15) is 5.75 Å². The monoisotopic (exact) mass is 288 g/mol. The van der Waals surface area contributed by atoms with Crippen LogP contribution in [0.1, 0.15) is 33.7 Å². The highest BCUT2D eigenvalue weighted by molar-refractivity contribution is 5.92. The molecule has 0 bridgehead atoms. The molecular formula is C15H16N2O4. The highest BCUT2D eigenvalue weighted by atomic mass is 16.4. The first-order chi connectivity index (χ1) is 9.91. The molecule has 2 aromatic heterocycles. The molecule has 2 heterocycles. The van der Waals surface area contributed by atoms with Crippen LogP contribution in [0, 0.1) is 6.92 Å². The van der Waals surface area contributed by atoms with Crippen molar-refractivity contribution < 1.29 is 15.0 Å². The van der Waals surface area contributed by atoms with Crippen molar-refractivity contribution in [3.63, 3.8) is 0 Å². The summed E-state index contributed by atoms with van der Waals surface area (Å²) in [5.74, 6) is -1.82. The maximum atomic E-state index is 12.0. The van der Waals surface area contributed by atoms with Gasteiger partial charge in [0.2, 0.25) is 0 Å². The van der Waals surface area contributed by atoms with Crippen LogP contribution in [0.15, 0.2) is 10.9 Å². The van der Waals surface area contributed by atoms with Crippen molar-refractivity contribution in [2.75, 3.05) is 0 Å². The van der Waals surface area contributed by atoms with Crippen LogP contribution in [-0.4, -0.2) is 25.7 Å². The third kappa shape index (κ3) is 1.86. The second-order valence-corrected chi connectivity index (χ2v) is 5.40. The van der Waals surface area contributed by atoms with E-state index in [0.717, 1.165) is 29.8 Å². The van der Waals surface area contributed by atoms with Crippen LogP contribution >= 0.6 is 0 Å². The molecule has 1 aliphatic rings. The summed E-state index contributed by atoms with van der Waals surface area (Å²) in [6.07, 6.45) is 2.14. The van der Waals surface area contributed by atoms with Gasteiger partial charge in [0.05, 0.1) is 5.69 Å². The molecule has 0 amide bonds. The van der Waals surface area contributed by atoms with Gasteiger partial charge < -0.3 is 19.8 Å². The molecule has 0 saturated heterocycles. The van der Waals surface area contributed by atoms with E-state index in [0.29, 0.717) is 17.7 Å². The van der Waals surface area contributed by atoms with Gasteiger partial charge in [0.25, 0.3) is 5.56 Å². The summed E-state index contributed by atoms with van der Waals surface area (Å²) in [5.41, 5.74) is 2.71. The fourth-order valence-corrected chi connectivity index (χ4v) is 3.03. The first-order valence-electron chi connectivity index (χ1n) is 6.78. The van der Waals surface area contributed by atoms with E-state index in [2.05, 4.69) is 9.55 Å². The van der Waals surface area contributed by atoms with Crippen LogP contribution in [0.2, 0.25) is 0 Å². The third-order valence-electron chi connectivity index (χ3n) is 4.21. The number of fused-ring (bicyclic) bond motifs is 3. The van der Waals surface area contributed by atoms with Crippen LogP contribution in [-0.2, 0) is 19.9 Å². The summed E-state index contributed by atoms with van der Waals surface area (Å²) in [5, 5.41) is 19.3. The molecule has 3 N–H and O–H groups in total. The first-order valence-corrected chi connectivity index (χ1v) is 6.78. The Labute approximate surface area is 120 Å². The molecule has 0 radical (unpaired) electrons. The van der Waals surface area contributed by atoms with E-state index in [-0.39, 0.29) is 0 Å². The predicted octanol–water partition coefficient (Wildman–Crippen LogP) is 1.58. The Morgan fingerprint density at radius 1 is 1.38 bits per heavy atom. The summed E-state index contributed by atoms with van der Waals surface area (Å²) in [4.78, 5) is 25.7. The van der Waals surface area contributed by atoms with Crippen LogP contribution in [0.3, 0.4) is 0 Å². The first kappa shape index (κ1) is 13.5. The van der Waals surface area contributed by atoms with Crippen molar-refractivity contribution >= 4 is 5.97 Å². The Bertz CT molecular complexity index is 814. The van der Waals surface area contributed by atoms with E-state index in [1.807, 2.05) is 20.0 Å². The fraction of sp³-hybridized carbons (Fsp3) is 0.333. The third-order valence-corrected chi connectivity index (χ3v) is 4.21. The van der Waals surface area contributed by atoms with E-state index in [4.69, 9.17) is 5.11 Å². The summed E-state index contributed by atoms with van der Waals surface area (Å²) in [6, 6.07) is 1.95. The summed E-state index contributed by atoms with van der Waals surface area (Å²) < 4.78 is 2.06. The molecule has 0 fully saturated rings. The van der Waals surface area contributed by atoms with Gasteiger partial charge in [-0.05, 0) is 32.3 Å². The van der Waals surface area contributed by atoms with Gasteiger partial charge in [-0.15, -0.1) is 0 Å². The van der Waals surface area contributed by atoms with Crippen LogP contribution in [0.25, 0.3) is 11.3 Å². The second kappa shape index (κ2) is 4.51. The number of aromatic hydroxyl groups is 1. The average Bonchev–Trinajstić information content (AvgIpc) is 2.58. The number of aryl methyl sites for hydroxylation is 1. The zero-order chi connectivity index (χ0) is 15.3. The standard InChI is InChI=1S/C15H16N2O4/c1-7-6-9-10(17(7)2)5-3-4-8-12(9)16-14(19)11(13(8)18)15(20)21/h6H,3-5H2,1-2H3,(H,20,21)(H2,16,18,19). The highest BCUT2D eigenvalue weighted by Gasteiger charge is 2.26. The lowest BCUT2D eigenvalue weighted by Gasteiger charge is -2.10. The largest absolute Gasteiger partial charge is 0.506 e. The molecule has 110 valence electrons. The van der Waals surface area contributed by atoms with Gasteiger partial charge in [-0.25, -0.2) is 4.79 Å². The van der Waals surface area contributed by atoms with Crippen molar-refractivity contribution in [1.82, 2.24) is 9.55 Å². The lowest BCUT2D eigenvalue weighted by atomic mass is 10.0. The van der Waals surface area contributed by atoms with Crippen LogP contribution < -0.4 is 5.56 Å². The molecule has 6 heteroatoms. The number of rotatable bonds is 1. The minimum atomic E-state index is -1.41. The van der Waals surface area contributed by atoms with Gasteiger partial charge in [0, 0.05) is 29.6 Å². The molecule has 2 aromatic rings. The van der Waals surface area contributed by atoms with Crippen molar-refractivity contribution in [3.8, 4) is 17.0 Å². The number of nitrogens with one attached hydrogen (secondary N) is 1. The average molecular weight is 288 g/mol. The smallest absolute Gasteiger partial charge is 0.345 e. The second-order valence-electron chi connectivity index (χ2n) is 5.40. The fourth-order valence-electron chi connectivity index (χ4n) is 3.03. The van der Waals surface area contributed by atoms with E-state index in [1.165, 1.54) is 0 Å². The molecule has 0 unspecified atom stereocenters. The number of aromatic nitrogens is 2. The van der Waals surface area contributed by atoms with E-state index >= 15 is 0 Å². The SMILES string of the molecule is Cc1cc2c(n1C)CCCc1c-2[nH]c(=O)c(C(=O)O)c1O. The summed E-state index contributed by atoms with van der Waals surface area (Å²) in [7, 11) is 1.96. The Hall–Kier alpha value is -2.50. The van der Waals surface area contributed by atoms with Crippen molar-refractivity contribution in [1.29, 1.82) is 0 Å². The Kier molecular flexibility index (Phi) is 2.90. The Morgan fingerprint density at radius 3 is 2.76 bits per heavy atom. The number of carboxylic acid groups (broad SMARTS) is 1. The zero-order valence-electron chi connectivity index (χ0n) is 11.9. The topological polar surface area (TPSA) is 95.3 Å². The number of nitrogens with zero attached hydrogens (tertiary/aromatic N) is 1. The maximum Gasteiger partial charge on any atom is 0.345 e. The van der Waals surface area contributed by atoms with Crippen molar-refractivity contribution in [3.05, 3.63) is 38.9 Å². The van der Waals surface area contributed by atoms with Crippen LogP contribution in [0.5, 0.6) is 5.75 Å². The zero-order valence-corrected chi connectivity index (χ0v) is 11.9. The van der Waals surface area contributed by atoms with Gasteiger partial charge in [-0.2, -0.15) is 0 Å². The molecule has 3 rings (SSSR count). The summed E-state index contributed by atoms with van der Waals surface area (Å²) in [6.45, 7) is 1.97. The number of pyridine rings is 1. The summed E-state index contributed by atoms with van der Waals surface area (Å²) >= 11 is 0. The highest BCUT2D eigenvalue weighted by Crippen LogP contribution is 2.36. The molecule has 0 spiro atoms. The van der Waals surface area contributed by atoms with E-state index in [1.54, 1.807) is 0 Å².